The average Bonchev–Trinajstić information content (AvgIpc) is 3.52. The highest BCUT2D eigenvalue weighted by atomic mass is 16.6. The van der Waals surface area contributed by atoms with Gasteiger partial charge < -0.3 is 14.4 Å². The summed E-state index contributed by atoms with van der Waals surface area (Å²) in [4.78, 5) is 30.9. The second-order valence-electron chi connectivity index (χ2n) is 19.5. The molecular formula is C41H64N2O4. The van der Waals surface area contributed by atoms with Crippen LogP contribution >= 0.6 is 0 Å². The normalized spacial score (nSPS) is 50.2. The molecule has 0 aromatic carbocycles. The van der Waals surface area contributed by atoms with Crippen molar-refractivity contribution < 1.29 is 19.1 Å². The molecule has 0 aromatic heterocycles. The van der Waals surface area contributed by atoms with E-state index in [1.165, 1.54) is 116 Å². The second-order valence-corrected chi connectivity index (χ2v) is 19.5. The van der Waals surface area contributed by atoms with Gasteiger partial charge in [-0.2, -0.15) is 0 Å². The highest BCUT2D eigenvalue weighted by molar-refractivity contribution is 5.78. The van der Waals surface area contributed by atoms with Gasteiger partial charge in [0.1, 0.15) is 11.2 Å². The first kappa shape index (κ1) is 31.8. The smallest absolute Gasteiger partial charge is 0.311 e. The van der Waals surface area contributed by atoms with Gasteiger partial charge in [-0.25, -0.2) is 0 Å². The van der Waals surface area contributed by atoms with Crippen molar-refractivity contribution in [1.29, 1.82) is 0 Å². The first-order valence-corrected chi connectivity index (χ1v) is 20.6. The number of esters is 2. The Labute approximate surface area is 284 Å². The van der Waals surface area contributed by atoms with Gasteiger partial charge in [-0.05, 0) is 177 Å². The van der Waals surface area contributed by atoms with Crippen LogP contribution in [-0.2, 0) is 19.1 Å². The van der Waals surface area contributed by atoms with Crippen LogP contribution in [0.2, 0.25) is 0 Å². The Morgan fingerprint density at radius 3 is 1.66 bits per heavy atom. The number of rotatable bonds is 4. The lowest BCUT2D eigenvalue weighted by Gasteiger charge is -2.60. The van der Waals surface area contributed by atoms with E-state index in [1.807, 2.05) is 0 Å². The molecule has 0 amide bonds. The van der Waals surface area contributed by atoms with Gasteiger partial charge in [-0.15, -0.1) is 0 Å². The summed E-state index contributed by atoms with van der Waals surface area (Å²) in [6, 6.07) is 0. The Bertz CT molecular complexity index is 1160. The summed E-state index contributed by atoms with van der Waals surface area (Å²) in [5.74, 6) is 7.26. The third kappa shape index (κ3) is 5.04. The molecule has 0 aromatic rings. The fourth-order valence-electron chi connectivity index (χ4n) is 15.0. The summed E-state index contributed by atoms with van der Waals surface area (Å²) in [5, 5.41) is 0. The van der Waals surface area contributed by atoms with E-state index < -0.39 is 0 Å². The summed E-state index contributed by atoms with van der Waals surface area (Å²) in [6.07, 6.45) is 22.5. The average molecular weight is 649 g/mol. The zero-order valence-corrected chi connectivity index (χ0v) is 29.9. The Kier molecular flexibility index (Phi) is 7.92. The maximum atomic E-state index is 13.2. The van der Waals surface area contributed by atoms with Gasteiger partial charge in [-0.1, -0.05) is 19.8 Å². The van der Waals surface area contributed by atoms with Gasteiger partial charge in [0.25, 0.3) is 0 Å². The number of carbonyl (C=O) groups excluding carboxylic acids is 2. The van der Waals surface area contributed by atoms with Crippen molar-refractivity contribution in [2.75, 3.05) is 32.7 Å². The minimum atomic E-state index is -0.123. The van der Waals surface area contributed by atoms with E-state index in [1.54, 1.807) is 0 Å². The summed E-state index contributed by atoms with van der Waals surface area (Å²) in [6.45, 7) is 12.6. The van der Waals surface area contributed by atoms with E-state index in [0.717, 1.165) is 49.7 Å². The predicted octanol–water partition coefficient (Wildman–Crippen LogP) is 7.49. The van der Waals surface area contributed by atoms with Crippen LogP contribution in [0.15, 0.2) is 0 Å². The van der Waals surface area contributed by atoms with Crippen molar-refractivity contribution in [3.05, 3.63) is 0 Å². The number of ether oxygens (including phenoxy) is 2. The number of carbonyl (C=O) groups is 2. The van der Waals surface area contributed by atoms with Gasteiger partial charge in [0.05, 0.1) is 11.8 Å². The van der Waals surface area contributed by atoms with Crippen LogP contribution in [0.5, 0.6) is 0 Å². The van der Waals surface area contributed by atoms with Gasteiger partial charge in [0.15, 0.2) is 0 Å². The molecule has 0 N–H and O–H groups in total. The molecule has 4 heterocycles. The monoisotopic (exact) mass is 648 g/mol. The van der Waals surface area contributed by atoms with Gasteiger partial charge >= 0.3 is 11.9 Å². The van der Waals surface area contributed by atoms with Gasteiger partial charge in [0.2, 0.25) is 0 Å². The number of hydrogen-bond acceptors (Lipinski definition) is 6. The van der Waals surface area contributed by atoms with E-state index in [2.05, 4.69) is 30.6 Å². The van der Waals surface area contributed by atoms with Crippen molar-refractivity contribution in [3.8, 4) is 0 Å². The molecular weight excluding hydrogens is 584 g/mol. The quantitative estimate of drug-likeness (QED) is 0.295. The van der Waals surface area contributed by atoms with Crippen molar-refractivity contribution >= 4 is 11.9 Å². The van der Waals surface area contributed by atoms with Crippen LogP contribution in [0.1, 0.15) is 130 Å². The molecule has 8 bridgehead atoms. The van der Waals surface area contributed by atoms with E-state index in [4.69, 9.17) is 9.47 Å². The Morgan fingerprint density at radius 1 is 0.638 bits per heavy atom. The predicted molar refractivity (Wildman–Crippen MR) is 182 cm³/mol. The SMILES string of the molecule is CC1C(C(C)(C)N2CCCCC2)C(=O)OC12C1CC3CC(C1)CC2C3.O=C1OC2(CC1CN1CCCCC1)C1CC3CC(C1)CC2C3. The van der Waals surface area contributed by atoms with Crippen molar-refractivity contribution in [1.82, 2.24) is 9.80 Å². The Morgan fingerprint density at radius 2 is 1.13 bits per heavy atom. The molecule has 2 spiro atoms. The molecule has 4 saturated heterocycles. The van der Waals surface area contributed by atoms with Crippen molar-refractivity contribution in [2.24, 2.45) is 65.1 Å². The minimum Gasteiger partial charge on any atom is -0.458 e. The minimum absolute atomic E-state index is 0.0367. The number of hydrogen-bond donors (Lipinski definition) is 0. The number of nitrogens with zero attached hydrogens (tertiary/aromatic N) is 2. The van der Waals surface area contributed by atoms with E-state index >= 15 is 0 Å². The number of likely N-dealkylation sites (tertiary alicyclic amines) is 2. The Balaban J connectivity index is 0.000000130. The van der Waals surface area contributed by atoms with E-state index in [9.17, 15) is 9.59 Å². The molecule has 47 heavy (non-hydrogen) atoms. The standard InChI is InChI=1S/C22H35NO2.C19H29NO2/c1-14-19(21(2,3)23-7-5-4-6-8-23)20(24)25-22(14)17-10-15-9-16(12-17)13-18(22)11-15;21-18-15(12-20-4-2-1-3-5-20)11-19(22-18)16-7-13-6-14(9-16)10-17(19)8-13/h14-19H,4-13H2,1-3H3;13-17H,1-12H2. The fourth-order valence-corrected chi connectivity index (χ4v) is 15.0. The molecule has 12 rings (SSSR count). The van der Waals surface area contributed by atoms with Gasteiger partial charge in [0, 0.05) is 24.4 Å². The Hall–Kier alpha value is -1.14. The number of piperidine rings is 2. The van der Waals surface area contributed by atoms with Crippen LogP contribution < -0.4 is 0 Å². The maximum Gasteiger partial charge on any atom is 0.311 e. The third-order valence-electron chi connectivity index (χ3n) is 16.7. The molecule has 3 unspecified atom stereocenters. The zero-order valence-electron chi connectivity index (χ0n) is 29.9. The molecule has 262 valence electrons. The molecule has 6 heteroatoms. The van der Waals surface area contributed by atoms with Crippen LogP contribution in [0.4, 0.5) is 0 Å². The van der Waals surface area contributed by atoms with Crippen LogP contribution in [-0.4, -0.2) is 71.2 Å². The molecule has 8 aliphatic carbocycles. The molecule has 4 aliphatic heterocycles. The molecule has 6 nitrogen and oxygen atoms in total. The third-order valence-corrected chi connectivity index (χ3v) is 16.7. The first-order chi connectivity index (χ1) is 22.7. The first-order valence-electron chi connectivity index (χ1n) is 20.6. The van der Waals surface area contributed by atoms with Crippen molar-refractivity contribution in [3.63, 3.8) is 0 Å². The lowest BCUT2D eigenvalue weighted by atomic mass is 9.46. The summed E-state index contributed by atoms with van der Waals surface area (Å²) in [5.41, 5.74) is -0.234. The molecule has 3 atom stereocenters. The maximum absolute atomic E-state index is 13.2. The van der Waals surface area contributed by atoms with Crippen LogP contribution in [0.3, 0.4) is 0 Å². The summed E-state index contributed by atoms with van der Waals surface area (Å²) in [7, 11) is 0. The van der Waals surface area contributed by atoms with Crippen LogP contribution in [0, 0.1) is 65.1 Å². The molecule has 12 aliphatic rings. The summed E-state index contributed by atoms with van der Waals surface area (Å²) < 4.78 is 12.7. The lowest BCUT2D eigenvalue weighted by molar-refractivity contribution is -0.201. The molecule has 0 radical (unpaired) electrons. The van der Waals surface area contributed by atoms with E-state index in [0.29, 0.717) is 29.6 Å². The molecule has 8 saturated carbocycles. The molecule has 12 fully saturated rings. The highest BCUT2D eigenvalue weighted by Crippen LogP contribution is 2.66. The van der Waals surface area contributed by atoms with Crippen LogP contribution in [0.25, 0.3) is 0 Å². The zero-order chi connectivity index (χ0) is 32.1. The summed E-state index contributed by atoms with van der Waals surface area (Å²) >= 11 is 0. The van der Waals surface area contributed by atoms with Gasteiger partial charge in [-0.3, -0.25) is 14.5 Å². The second kappa shape index (κ2) is 11.7. The topological polar surface area (TPSA) is 59.1 Å². The van der Waals surface area contributed by atoms with E-state index in [-0.39, 0.29) is 40.5 Å². The lowest BCUT2D eigenvalue weighted by Crippen LogP contribution is -2.61. The fraction of sp³-hybridized carbons (Fsp3) is 0.951. The highest BCUT2D eigenvalue weighted by Gasteiger charge is 2.69. The van der Waals surface area contributed by atoms with Crippen molar-refractivity contribution in [2.45, 2.75) is 147 Å². The largest absolute Gasteiger partial charge is 0.458 e.